The SMILES string of the molecule is CCOc1cc(/C=C2\N=C(c3ccc(-c4ccccc4)cc3)OC2=O)cc(I)c1OCc1cccc(Br)c1. The average Bonchev–Trinajstić information content (AvgIpc) is 3.29. The van der Waals surface area contributed by atoms with E-state index < -0.39 is 5.97 Å². The normalized spacial score (nSPS) is 13.8. The fraction of sp³-hybridized carbons (Fsp3) is 0.0968. The van der Waals surface area contributed by atoms with Crippen LogP contribution in [0.25, 0.3) is 17.2 Å². The molecule has 0 N–H and O–H groups in total. The zero-order valence-corrected chi connectivity index (χ0v) is 24.2. The largest absolute Gasteiger partial charge is 0.490 e. The molecule has 1 heterocycles. The fourth-order valence-electron chi connectivity index (χ4n) is 3.98. The maximum Gasteiger partial charge on any atom is 0.363 e. The van der Waals surface area contributed by atoms with Gasteiger partial charge in [-0.15, -0.1) is 0 Å². The van der Waals surface area contributed by atoms with Gasteiger partial charge >= 0.3 is 5.97 Å². The van der Waals surface area contributed by atoms with E-state index in [0.29, 0.717) is 24.7 Å². The van der Waals surface area contributed by atoms with Gasteiger partial charge in [0.05, 0.1) is 10.2 Å². The minimum absolute atomic E-state index is 0.230. The van der Waals surface area contributed by atoms with Crippen LogP contribution in [0, 0.1) is 3.57 Å². The quantitative estimate of drug-likeness (QED) is 0.107. The molecule has 0 spiro atoms. The lowest BCUT2D eigenvalue weighted by Gasteiger charge is -2.15. The second-order valence-electron chi connectivity index (χ2n) is 8.46. The molecule has 0 aromatic heterocycles. The van der Waals surface area contributed by atoms with Crippen LogP contribution >= 0.6 is 38.5 Å². The van der Waals surface area contributed by atoms with Gasteiger partial charge in [-0.05, 0) is 94.2 Å². The van der Waals surface area contributed by atoms with Gasteiger partial charge < -0.3 is 14.2 Å². The van der Waals surface area contributed by atoms with Gasteiger partial charge in [-0.2, -0.15) is 0 Å². The van der Waals surface area contributed by atoms with E-state index >= 15 is 0 Å². The second kappa shape index (κ2) is 12.0. The Morgan fingerprint density at radius 3 is 2.37 bits per heavy atom. The van der Waals surface area contributed by atoms with E-state index in [1.54, 1.807) is 6.08 Å². The molecule has 38 heavy (non-hydrogen) atoms. The minimum atomic E-state index is -0.491. The Balaban J connectivity index is 1.38. The molecule has 4 aromatic carbocycles. The first-order valence-electron chi connectivity index (χ1n) is 12.0. The number of hydrogen-bond acceptors (Lipinski definition) is 5. The molecular formula is C31H23BrINO4. The van der Waals surface area contributed by atoms with Crippen LogP contribution in [0.5, 0.6) is 11.5 Å². The van der Waals surface area contributed by atoms with E-state index in [-0.39, 0.29) is 11.6 Å². The van der Waals surface area contributed by atoms with Gasteiger partial charge in [-0.3, -0.25) is 0 Å². The van der Waals surface area contributed by atoms with Gasteiger partial charge in [0, 0.05) is 10.0 Å². The van der Waals surface area contributed by atoms with Crippen LogP contribution < -0.4 is 9.47 Å². The van der Waals surface area contributed by atoms with Crippen LogP contribution in [0.15, 0.2) is 106 Å². The van der Waals surface area contributed by atoms with Crippen molar-refractivity contribution in [3.63, 3.8) is 0 Å². The van der Waals surface area contributed by atoms with Crippen molar-refractivity contribution in [1.82, 2.24) is 0 Å². The number of esters is 1. The van der Waals surface area contributed by atoms with Gasteiger partial charge in [-0.25, -0.2) is 9.79 Å². The molecule has 0 radical (unpaired) electrons. The van der Waals surface area contributed by atoms with Crippen molar-refractivity contribution in [3.05, 3.63) is 121 Å². The van der Waals surface area contributed by atoms with Crippen LogP contribution in [-0.2, 0) is 16.1 Å². The van der Waals surface area contributed by atoms with Crippen molar-refractivity contribution >= 4 is 56.5 Å². The molecule has 190 valence electrons. The molecule has 0 bridgehead atoms. The lowest BCUT2D eigenvalue weighted by molar-refractivity contribution is -0.129. The number of ether oxygens (including phenoxy) is 3. The molecule has 0 saturated heterocycles. The standard InChI is InChI=1S/C31H23BrINO4/c1-2-36-28-18-21(16-26(33)29(28)37-19-20-7-6-10-25(32)15-20)17-27-31(35)38-30(34-27)24-13-11-23(12-14-24)22-8-4-3-5-9-22/h3-18H,2,19H2,1H3/b27-17-. The van der Waals surface area contributed by atoms with Crippen molar-refractivity contribution in [2.45, 2.75) is 13.5 Å². The molecule has 0 aliphatic carbocycles. The maximum atomic E-state index is 12.6. The Labute approximate surface area is 243 Å². The predicted molar refractivity (Wildman–Crippen MR) is 161 cm³/mol. The molecule has 0 fully saturated rings. The first-order chi connectivity index (χ1) is 18.5. The molecular weight excluding hydrogens is 657 g/mol. The van der Waals surface area contributed by atoms with Crippen LogP contribution in [0.4, 0.5) is 0 Å². The van der Waals surface area contributed by atoms with E-state index in [2.05, 4.69) is 55.6 Å². The van der Waals surface area contributed by atoms with E-state index in [1.165, 1.54) is 0 Å². The molecule has 4 aromatic rings. The molecule has 0 amide bonds. The van der Waals surface area contributed by atoms with Crippen molar-refractivity contribution in [1.29, 1.82) is 0 Å². The summed E-state index contributed by atoms with van der Waals surface area (Å²) in [5.41, 5.74) is 4.97. The highest BCUT2D eigenvalue weighted by Gasteiger charge is 2.24. The summed E-state index contributed by atoms with van der Waals surface area (Å²) in [7, 11) is 0. The Bertz CT molecular complexity index is 1530. The summed E-state index contributed by atoms with van der Waals surface area (Å²) in [4.78, 5) is 17.1. The zero-order chi connectivity index (χ0) is 26.5. The number of halogens is 2. The molecule has 7 heteroatoms. The summed E-state index contributed by atoms with van der Waals surface area (Å²) in [6, 6.07) is 29.7. The lowest BCUT2D eigenvalue weighted by Crippen LogP contribution is -2.05. The molecule has 0 saturated carbocycles. The van der Waals surface area contributed by atoms with E-state index in [1.807, 2.05) is 85.8 Å². The highest BCUT2D eigenvalue weighted by atomic mass is 127. The van der Waals surface area contributed by atoms with E-state index in [9.17, 15) is 4.79 Å². The maximum absolute atomic E-state index is 12.6. The van der Waals surface area contributed by atoms with Crippen LogP contribution in [0.1, 0.15) is 23.6 Å². The van der Waals surface area contributed by atoms with E-state index in [0.717, 1.165) is 35.9 Å². The predicted octanol–water partition coefficient (Wildman–Crippen LogP) is 8.04. The number of cyclic esters (lactones) is 1. The number of benzene rings is 4. The summed E-state index contributed by atoms with van der Waals surface area (Å²) >= 11 is 5.71. The Kier molecular flexibility index (Phi) is 8.24. The van der Waals surface area contributed by atoms with E-state index in [4.69, 9.17) is 14.2 Å². The molecule has 5 nitrogen and oxygen atoms in total. The number of aliphatic imine (C=N–C) groups is 1. The van der Waals surface area contributed by atoms with Crippen LogP contribution in [0.3, 0.4) is 0 Å². The first-order valence-corrected chi connectivity index (χ1v) is 13.9. The smallest absolute Gasteiger partial charge is 0.363 e. The fourth-order valence-corrected chi connectivity index (χ4v) is 5.21. The minimum Gasteiger partial charge on any atom is -0.490 e. The molecule has 0 atom stereocenters. The number of carbonyl (C=O) groups is 1. The Hall–Kier alpha value is -3.43. The topological polar surface area (TPSA) is 57.1 Å². The number of hydrogen-bond donors (Lipinski definition) is 0. The summed E-state index contributed by atoms with van der Waals surface area (Å²) < 4.78 is 19.4. The van der Waals surface area contributed by atoms with Gasteiger partial charge in [0.25, 0.3) is 0 Å². The van der Waals surface area contributed by atoms with Crippen LogP contribution in [-0.4, -0.2) is 18.5 Å². The van der Waals surface area contributed by atoms with Gasteiger partial charge in [-0.1, -0.05) is 70.5 Å². The highest BCUT2D eigenvalue weighted by Crippen LogP contribution is 2.36. The van der Waals surface area contributed by atoms with Crippen molar-refractivity contribution in [2.75, 3.05) is 6.61 Å². The molecule has 1 aliphatic rings. The van der Waals surface area contributed by atoms with Crippen molar-refractivity contribution in [3.8, 4) is 22.6 Å². The van der Waals surface area contributed by atoms with Gasteiger partial charge in [0.15, 0.2) is 17.2 Å². The van der Waals surface area contributed by atoms with Crippen LogP contribution in [0.2, 0.25) is 0 Å². The monoisotopic (exact) mass is 679 g/mol. The van der Waals surface area contributed by atoms with Gasteiger partial charge in [0.1, 0.15) is 6.61 Å². The zero-order valence-electron chi connectivity index (χ0n) is 20.5. The van der Waals surface area contributed by atoms with Crippen molar-refractivity contribution < 1.29 is 19.0 Å². The Morgan fingerprint density at radius 1 is 0.895 bits per heavy atom. The summed E-state index contributed by atoms with van der Waals surface area (Å²) in [5, 5.41) is 0. The molecule has 5 rings (SSSR count). The van der Waals surface area contributed by atoms with Gasteiger partial charge in [0.2, 0.25) is 5.90 Å². The number of carbonyl (C=O) groups excluding carboxylic acids is 1. The second-order valence-corrected chi connectivity index (χ2v) is 10.5. The first kappa shape index (κ1) is 26.2. The highest BCUT2D eigenvalue weighted by molar-refractivity contribution is 14.1. The molecule has 1 aliphatic heterocycles. The third kappa shape index (κ3) is 6.16. The third-order valence-corrected chi connectivity index (χ3v) is 7.06. The number of nitrogens with zero attached hydrogens (tertiary/aromatic N) is 1. The Morgan fingerprint density at radius 2 is 1.63 bits per heavy atom. The summed E-state index contributed by atoms with van der Waals surface area (Å²) in [6.45, 7) is 2.80. The average molecular weight is 680 g/mol. The van der Waals surface area contributed by atoms with Crippen molar-refractivity contribution in [2.24, 2.45) is 4.99 Å². The third-order valence-electron chi connectivity index (χ3n) is 5.77. The number of rotatable bonds is 8. The lowest BCUT2D eigenvalue weighted by atomic mass is 10.0. The summed E-state index contributed by atoms with van der Waals surface area (Å²) in [5.74, 6) is 1.06. The summed E-state index contributed by atoms with van der Waals surface area (Å²) in [6.07, 6.45) is 1.70. The molecule has 0 unspecified atom stereocenters.